The van der Waals surface area contributed by atoms with Gasteiger partial charge in [-0.2, -0.15) is 0 Å². The molecule has 0 aromatic heterocycles. The first-order valence-corrected chi connectivity index (χ1v) is 2.49. The summed E-state index contributed by atoms with van der Waals surface area (Å²) in [5.41, 5.74) is 9.76. The highest BCUT2D eigenvalue weighted by atomic mass is 16.1. The Balaban J connectivity index is 3.55. The highest BCUT2D eigenvalue weighted by molar-refractivity contribution is 5.76. The second-order valence-electron chi connectivity index (χ2n) is 2.38. The molecule has 0 bridgehead atoms. The minimum atomic E-state index is -0.828. The molecule has 0 heterocycles. The lowest BCUT2D eigenvalue weighted by molar-refractivity contribution is -0.117. The maximum Gasteiger partial charge on any atom is 0.132 e. The summed E-state index contributed by atoms with van der Waals surface area (Å²) < 4.78 is 0. The molecule has 0 aliphatic rings. The molecule has 0 fully saturated rings. The molecule has 0 rings (SSSR count). The van der Waals surface area contributed by atoms with Gasteiger partial charge in [0.1, 0.15) is 5.78 Å². The molecule has 0 saturated carbocycles. The van der Waals surface area contributed by atoms with Crippen molar-refractivity contribution in [3.63, 3.8) is 0 Å². The zero-order chi connectivity index (χ0) is 6.78. The van der Waals surface area contributed by atoms with Crippen molar-refractivity contribution >= 4 is 5.78 Å². The van der Waals surface area contributed by atoms with Gasteiger partial charge in [0.25, 0.3) is 0 Å². The normalized spacial score (nSPS) is 11.5. The molecule has 0 radical (unpaired) electrons. The monoisotopic (exact) mass is 116 g/mol. The molecule has 3 nitrogen and oxygen atoms in total. The molecule has 0 saturated heterocycles. The molecule has 4 N–H and O–H groups in total. The van der Waals surface area contributed by atoms with E-state index in [4.69, 9.17) is 11.5 Å². The van der Waals surface area contributed by atoms with Crippen LogP contribution in [0.5, 0.6) is 0 Å². The Morgan fingerprint density at radius 1 is 1.62 bits per heavy atom. The van der Waals surface area contributed by atoms with Crippen LogP contribution in [-0.2, 0) is 4.79 Å². The summed E-state index contributed by atoms with van der Waals surface area (Å²) in [4.78, 5) is 10.3. The van der Waals surface area contributed by atoms with Crippen molar-refractivity contribution in [2.45, 2.75) is 25.9 Å². The summed E-state index contributed by atoms with van der Waals surface area (Å²) in [5, 5.41) is 0. The first-order chi connectivity index (χ1) is 3.42. The van der Waals surface area contributed by atoms with Gasteiger partial charge in [0, 0.05) is 6.42 Å². The minimum Gasteiger partial charge on any atom is -0.313 e. The summed E-state index contributed by atoms with van der Waals surface area (Å²) in [6.45, 7) is 3.09. The predicted molar refractivity (Wildman–Crippen MR) is 32.1 cm³/mol. The lowest BCUT2D eigenvalue weighted by Gasteiger charge is -2.15. The molecule has 0 unspecified atom stereocenters. The van der Waals surface area contributed by atoms with E-state index in [1.54, 1.807) is 6.92 Å². The number of hydrogen-bond donors (Lipinski definition) is 2. The Bertz CT molecular complexity index is 93.1. The Morgan fingerprint density at radius 2 is 2.00 bits per heavy atom. The fourth-order valence-electron chi connectivity index (χ4n) is 0.536. The molecule has 0 aromatic carbocycles. The lowest BCUT2D eigenvalue weighted by atomic mass is 10.1. The first kappa shape index (κ1) is 7.59. The van der Waals surface area contributed by atoms with Crippen LogP contribution in [0.15, 0.2) is 0 Å². The van der Waals surface area contributed by atoms with Crippen LogP contribution in [0.1, 0.15) is 20.3 Å². The number of hydrogen-bond acceptors (Lipinski definition) is 3. The van der Waals surface area contributed by atoms with Crippen molar-refractivity contribution in [1.82, 2.24) is 0 Å². The number of carbonyl (C=O) groups is 1. The number of ketones is 1. The van der Waals surface area contributed by atoms with Gasteiger partial charge in [0.2, 0.25) is 0 Å². The molecule has 0 aromatic rings. The molecule has 0 amide bonds. The molecule has 0 aliphatic carbocycles. The zero-order valence-corrected chi connectivity index (χ0v) is 5.27. The quantitative estimate of drug-likeness (QED) is 0.482. The van der Waals surface area contributed by atoms with Gasteiger partial charge in [0.15, 0.2) is 0 Å². The van der Waals surface area contributed by atoms with Gasteiger partial charge in [-0.05, 0) is 13.8 Å². The van der Waals surface area contributed by atoms with Crippen molar-refractivity contribution < 1.29 is 4.79 Å². The molecular formula is C5H12N2O. The van der Waals surface area contributed by atoms with Crippen molar-refractivity contribution in [3.05, 3.63) is 0 Å². The van der Waals surface area contributed by atoms with E-state index in [2.05, 4.69) is 0 Å². The third kappa shape index (κ3) is 5.59. The topological polar surface area (TPSA) is 69.1 Å². The van der Waals surface area contributed by atoms with E-state index in [-0.39, 0.29) is 12.2 Å². The van der Waals surface area contributed by atoms with Crippen LogP contribution in [-0.4, -0.2) is 11.4 Å². The zero-order valence-electron chi connectivity index (χ0n) is 5.27. The molecule has 0 aliphatic heterocycles. The van der Waals surface area contributed by atoms with Crippen LogP contribution in [0.3, 0.4) is 0 Å². The molecular weight excluding hydrogens is 104 g/mol. The molecule has 48 valence electrons. The highest BCUT2D eigenvalue weighted by Gasteiger charge is 2.12. The van der Waals surface area contributed by atoms with Gasteiger partial charge in [0.05, 0.1) is 5.66 Å². The first-order valence-electron chi connectivity index (χ1n) is 2.49. The number of Topliss-reactive ketones (excluding diaryl/α,β-unsaturated/α-hetero) is 1. The summed E-state index contributed by atoms with van der Waals surface area (Å²) in [5.74, 6) is 0.0255. The number of rotatable bonds is 2. The fourth-order valence-corrected chi connectivity index (χ4v) is 0.536. The summed E-state index contributed by atoms with van der Waals surface area (Å²) >= 11 is 0. The van der Waals surface area contributed by atoms with Gasteiger partial charge in [-0.1, -0.05) is 0 Å². The van der Waals surface area contributed by atoms with Crippen LogP contribution < -0.4 is 11.5 Å². The van der Waals surface area contributed by atoms with Crippen LogP contribution in [0.25, 0.3) is 0 Å². The van der Waals surface area contributed by atoms with Crippen molar-refractivity contribution in [1.29, 1.82) is 0 Å². The maximum atomic E-state index is 10.3. The second-order valence-corrected chi connectivity index (χ2v) is 2.38. The van der Waals surface area contributed by atoms with E-state index >= 15 is 0 Å². The molecule has 0 atom stereocenters. The Hall–Kier alpha value is -0.410. The van der Waals surface area contributed by atoms with Crippen LogP contribution in [0.4, 0.5) is 0 Å². The van der Waals surface area contributed by atoms with E-state index in [0.717, 1.165) is 0 Å². The van der Waals surface area contributed by atoms with E-state index in [1.165, 1.54) is 6.92 Å². The van der Waals surface area contributed by atoms with Gasteiger partial charge >= 0.3 is 0 Å². The Labute approximate surface area is 49.0 Å². The lowest BCUT2D eigenvalue weighted by Crippen LogP contribution is -2.47. The fraction of sp³-hybridized carbons (Fsp3) is 0.800. The molecule has 3 heteroatoms. The summed E-state index contributed by atoms with van der Waals surface area (Å²) in [6, 6.07) is 0. The molecule has 0 spiro atoms. The average molecular weight is 116 g/mol. The molecule has 8 heavy (non-hydrogen) atoms. The SMILES string of the molecule is CC(=O)CC(C)(N)N. The maximum absolute atomic E-state index is 10.3. The third-order valence-corrected chi connectivity index (χ3v) is 0.630. The van der Waals surface area contributed by atoms with Gasteiger partial charge < -0.3 is 11.5 Å². The largest absolute Gasteiger partial charge is 0.313 e. The smallest absolute Gasteiger partial charge is 0.132 e. The van der Waals surface area contributed by atoms with E-state index in [9.17, 15) is 4.79 Å². The van der Waals surface area contributed by atoms with E-state index < -0.39 is 5.66 Å². The standard InChI is InChI=1S/C5H12N2O/c1-4(8)3-5(2,6)7/h3,6-7H2,1-2H3. The van der Waals surface area contributed by atoms with Crippen molar-refractivity contribution in [2.75, 3.05) is 0 Å². The van der Waals surface area contributed by atoms with Crippen LogP contribution in [0, 0.1) is 0 Å². The predicted octanol–water partition coefficient (Wildman–Crippen LogP) is -0.401. The van der Waals surface area contributed by atoms with Crippen LogP contribution >= 0.6 is 0 Å². The van der Waals surface area contributed by atoms with E-state index in [1.807, 2.05) is 0 Å². The Kier molecular flexibility index (Phi) is 2.12. The highest BCUT2D eigenvalue weighted by Crippen LogP contribution is 1.94. The Morgan fingerprint density at radius 3 is 2.00 bits per heavy atom. The van der Waals surface area contributed by atoms with Crippen molar-refractivity contribution in [3.8, 4) is 0 Å². The van der Waals surface area contributed by atoms with Gasteiger partial charge in [-0.25, -0.2) is 0 Å². The number of nitrogens with two attached hydrogens (primary N) is 2. The van der Waals surface area contributed by atoms with E-state index in [0.29, 0.717) is 0 Å². The minimum absolute atomic E-state index is 0.0255. The van der Waals surface area contributed by atoms with Crippen LogP contribution in [0.2, 0.25) is 0 Å². The van der Waals surface area contributed by atoms with Crippen molar-refractivity contribution in [2.24, 2.45) is 11.5 Å². The van der Waals surface area contributed by atoms with Gasteiger partial charge in [-0.15, -0.1) is 0 Å². The average Bonchev–Trinajstić information content (AvgIpc) is 1.21. The number of carbonyl (C=O) groups excluding carboxylic acids is 1. The summed E-state index contributed by atoms with van der Waals surface area (Å²) in [6.07, 6.45) is 0.243. The third-order valence-electron chi connectivity index (χ3n) is 0.630. The van der Waals surface area contributed by atoms with Gasteiger partial charge in [-0.3, -0.25) is 4.79 Å². The second kappa shape index (κ2) is 2.24. The summed E-state index contributed by atoms with van der Waals surface area (Å²) in [7, 11) is 0.